The van der Waals surface area contributed by atoms with Crippen molar-refractivity contribution in [3.8, 4) is 17.1 Å². The molecule has 2 aromatic carbocycles. The van der Waals surface area contributed by atoms with E-state index in [1.807, 2.05) is 34.9 Å². The number of hydrogen-bond donors (Lipinski definition) is 0. The van der Waals surface area contributed by atoms with Gasteiger partial charge in [-0.3, -0.25) is 9.55 Å². The first kappa shape index (κ1) is 17.4. The minimum absolute atomic E-state index is 0.232. The summed E-state index contributed by atoms with van der Waals surface area (Å²) in [7, 11) is 0. The molecule has 0 aliphatic carbocycles. The smallest absolute Gasteiger partial charge is 0.196 e. The maximum atomic E-state index is 13.5. The Morgan fingerprint density at radius 3 is 2.59 bits per heavy atom. The number of thioether (sulfide) groups is 1. The number of aryl methyl sites for hydroxylation is 1. The number of halogens is 1. The van der Waals surface area contributed by atoms with Crippen LogP contribution in [0.3, 0.4) is 0 Å². The first-order valence-electron chi connectivity index (χ1n) is 8.51. The summed E-state index contributed by atoms with van der Waals surface area (Å²) in [4.78, 5) is 4.19. The molecule has 0 amide bonds. The van der Waals surface area contributed by atoms with Crippen molar-refractivity contribution < 1.29 is 4.39 Å². The van der Waals surface area contributed by atoms with Gasteiger partial charge in [-0.2, -0.15) is 0 Å². The zero-order valence-corrected chi connectivity index (χ0v) is 15.5. The summed E-state index contributed by atoms with van der Waals surface area (Å²) in [6.07, 6.45) is 3.51. The van der Waals surface area contributed by atoms with E-state index in [2.05, 4.69) is 34.2 Å². The third kappa shape index (κ3) is 3.90. The van der Waals surface area contributed by atoms with Crippen LogP contribution < -0.4 is 0 Å². The van der Waals surface area contributed by atoms with Crippen LogP contribution in [-0.4, -0.2) is 19.7 Å². The fourth-order valence-corrected chi connectivity index (χ4v) is 3.64. The minimum Gasteiger partial charge on any atom is -0.270 e. The normalized spacial score (nSPS) is 10.9. The lowest BCUT2D eigenvalue weighted by Gasteiger charge is -2.10. The molecule has 0 saturated heterocycles. The number of benzene rings is 2. The molecule has 0 atom stereocenters. The first-order valence-corrected chi connectivity index (χ1v) is 9.49. The summed E-state index contributed by atoms with van der Waals surface area (Å²) in [6.45, 7) is 2.05. The molecule has 0 bridgehead atoms. The molecule has 2 heterocycles. The lowest BCUT2D eigenvalue weighted by atomic mass is 10.2. The second-order valence-corrected chi connectivity index (χ2v) is 7.08. The van der Waals surface area contributed by atoms with E-state index in [4.69, 9.17) is 0 Å². The number of nitrogens with zero attached hydrogens (tertiary/aromatic N) is 4. The Morgan fingerprint density at radius 1 is 1.00 bits per heavy atom. The van der Waals surface area contributed by atoms with E-state index >= 15 is 0 Å². The quantitative estimate of drug-likeness (QED) is 0.456. The highest BCUT2D eigenvalue weighted by Crippen LogP contribution is 2.29. The fourth-order valence-electron chi connectivity index (χ4n) is 2.75. The molecule has 27 heavy (non-hydrogen) atoms. The topological polar surface area (TPSA) is 43.6 Å². The van der Waals surface area contributed by atoms with Crippen molar-refractivity contribution in [2.24, 2.45) is 0 Å². The van der Waals surface area contributed by atoms with Gasteiger partial charge in [0, 0.05) is 29.4 Å². The number of aromatic nitrogens is 4. The molecule has 4 nitrogen and oxygen atoms in total. The summed E-state index contributed by atoms with van der Waals surface area (Å²) >= 11 is 1.53. The molecular formula is C21H17FN4S. The van der Waals surface area contributed by atoms with Crippen LogP contribution in [0, 0.1) is 12.7 Å². The van der Waals surface area contributed by atoms with Gasteiger partial charge in [-0.05, 0) is 48.9 Å². The van der Waals surface area contributed by atoms with E-state index in [9.17, 15) is 4.39 Å². The number of rotatable bonds is 5. The Hall–Kier alpha value is -2.99. The maximum absolute atomic E-state index is 13.5. The molecule has 0 aliphatic rings. The molecule has 2 aromatic heterocycles. The highest BCUT2D eigenvalue weighted by atomic mass is 32.2. The Labute approximate surface area is 161 Å². The fraction of sp³-hybridized carbons (Fsp3) is 0.0952. The highest BCUT2D eigenvalue weighted by Gasteiger charge is 2.16. The molecule has 134 valence electrons. The van der Waals surface area contributed by atoms with Gasteiger partial charge in [0.25, 0.3) is 0 Å². The van der Waals surface area contributed by atoms with Crippen LogP contribution in [0.4, 0.5) is 4.39 Å². The zero-order valence-electron chi connectivity index (χ0n) is 14.7. The summed E-state index contributed by atoms with van der Waals surface area (Å²) in [5, 5.41) is 9.53. The van der Waals surface area contributed by atoms with E-state index < -0.39 is 0 Å². The van der Waals surface area contributed by atoms with Crippen molar-refractivity contribution in [1.82, 2.24) is 19.7 Å². The SMILES string of the molecule is Cc1ccc(-n2c(SCc3cccc(F)c3)nnc2-c2cccnc2)cc1. The van der Waals surface area contributed by atoms with Crippen LogP contribution in [0.15, 0.2) is 78.2 Å². The van der Waals surface area contributed by atoms with Gasteiger partial charge in [0.05, 0.1) is 0 Å². The highest BCUT2D eigenvalue weighted by molar-refractivity contribution is 7.98. The zero-order chi connectivity index (χ0) is 18.6. The van der Waals surface area contributed by atoms with Crippen molar-refractivity contribution in [2.75, 3.05) is 0 Å². The molecule has 0 unspecified atom stereocenters. The first-order chi connectivity index (χ1) is 13.2. The second-order valence-electron chi connectivity index (χ2n) is 6.14. The van der Waals surface area contributed by atoms with E-state index in [0.29, 0.717) is 5.75 Å². The van der Waals surface area contributed by atoms with Crippen molar-refractivity contribution in [1.29, 1.82) is 0 Å². The molecule has 0 radical (unpaired) electrons. The average molecular weight is 376 g/mol. The molecule has 0 aliphatic heterocycles. The van der Waals surface area contributed by atoms with Gasteiger partial charge in [-0.1, -0.05) is 41.6 Å². The predicted octanol–water partition coefficient (Wildman–Crippen LogP) is 5.07. The van der Waals surface area contributed by atoms with Crippen molar-refractivity contribution >= 4 is 11.8 Å². The Kier molecular flexibility index (Phi) is 4.98. The average Bonchev–Trinajstić information content (AvgIpc) is 3.12. The van der Waals surface area contributed by atoms with Crippen molar-refractivity contribution in [3.05, 3.63) is 90.0 Å². The van der Waals surface area contributed by atoms with Crippen molar-refractivity contribution in [3.63, 3.8) is 0 Å². The van der Waals surface area contributed by atoms with Gasteiger partial charge in [-0.15, -0.1) is 10.2 Å². The lowest BCUT2D eigenvalue weighted by Crippen LogP contribution is -2.00. The molecular weight excluding hydrogens is 359 g/mol. The Morgan fingerprint density at radius 2 is 1.85 bits per heavy atom. The number of pyridine rings is 1. The molecule has 0 spiro atoms. The second kappa shape index (κ2) is 7.72. The maximum Gasteiger partial charge on any atom is 0.196 e. The molecule has 0 saturated carbocycles. The van der Waals surface area contributed by atoms with Crippen LogP contribution in [0.1, 0.15) is 11.1 Å². The summed E-state index contributed by atoms with van der Waals surface area (Å²) in [5.41, 5.74) is 3.96. The van der Waals surface area contributed by atoms with E-state index in [1.54, 1.807) is 24.5 Å². The number of hydrogen-bond acceptors (Lipinski definition) is 4. The van der Waals surface area contributed by atoms with Crippen LogP contribution in [0.5, 0.6) is 0 Å². The van der Waals surface area contributed by atoms with Gasteiger partial charge < -0.3 is 0 Å². The third-order valence-electron chi connectivity index (χ3n) is 4.10. The van der Waals surface area contributed by atoms with Gasteiger partial charge in [-0.25, -0.2) is 4.39 Å². The monoisotopic (exact) mass is 376 g/mol. The molecule has 4 rings (SSSR count). The van der Waals surface area contributed by atoms with Gasteiger partial charge in [0.2, 0.25) is 0 Å². The molecule has 0 fully saturated rings. The van der Waals surface area contributed by atoms with Gasteiger partial charge in [0.15, 0.2) is 11.0 Å². The predicted molar refractivity (Wildman–Crippen MR) is 105 cm³/mol. The largest absolute Gasteiger partial charge is 0.270 e. The summed E-state index contributed by atoms with van der Waals surface area (Å²) < 4.78 is 15.5. The van der Waals surface area contributed by atoms with E-state index in [-0.39, 0.29) is 5.82 Å². The summed E-state index contributed by atoms with van der Waals surface area (Å²) in [5.74, 6) is 1.10. The van der Waals surface area contributed by atoms with E-state index in [0.717, 1.165) is 27.8 Å². The van der Waals surface area contributed by atoms with Crippen LogP contribution in [0.2, 0.25) is 0 Å². The standard InChI is InChI=1S/C21H17FN4S/c1-15-7-9-19(10-8-15)26-20(17-5-3-11-23-13-17)24-25-21(26)27-14-16-4-2-6-18(22)12-16/h2-13H,14H2,1H3. The Balaban J connectivity index is 1.73. The van der Waals surface area contributed by atoms with Gasteiger partial charge >= 0.3 is 0 Å². The van der Waals surface area contributed by atoms with Gasteiger partial charge in [0.1, 0.15) is 5.82 Å². The van der Waals surface area contributed by atoms with Crippen molar-refractivity contribution in [2.45, 2.75) is 17.8 Å². The minimum atomic E-state index is -0.232. The van der Waals surface area contributed by atoms with Crippen LogP contribution in [0.25, 0.3) is 17.1 Å². The Bertz CT molecular complexity index is 1050. The lowest BCUT2D eigenvalue weighted by molar-refractivity contribution is 0.626. The molecule has 0 N–H and O–H groups in total. The van der Waals surface area contributed by atoms with Crippen LogP contribution in [-0.2, 0) is 5.75 Å². The van der Waals surface area contributed by atoms with E-state index in [1.165, 1.54) is 23.4 Å². The molecule has 4 aromatic rings. The third-order valence-corrected chi connectivity index (χ3v) is 5.10. The van der Waals surface area contributed by atoms with Crippen LogP contribution >= 0.6 is 11.8 Å². The molecule has 6 heteroatoms. The summed E-state index contributed by atoms with van der Waals surface area (Å²) in [6, 6.07) is 18.7.